The molecule has 2 N–H and O–H groups in total. The van der Waals surface area contributed by atoms with E-state index in [-0.39, 0.29) is 11.5 Å². The number of aromatic hydroxyl groups is 2. The van der Waals surface area contributed by atoms with Crippen LogP contribution in [0.25, 0.3) is 44.5 Å². The molecule has 0 aliphatic carbocycles. The van der Waals surface area contributed by atoms with E-state index in [4.69, 9.17) is 26.5 Å². The van der Waals surface area contributed by atoms with Gasteiger partial charge in [0.2, 0.25) is 0 Å². The van der Waals surface area contributed by atoms with Crippen LogP contribution in [0.4, 0.5) is 0 Å². The molecular weight excluding hydrogens is 875 g/mol. The molecule has 7 heteroatoms. The summed E-state index contributed by atoms with van der Waals surface area (Å²) in [4.78, 5) is 0. The van der Waals surface area contributed by atoms with Crippen molar-refractivity contribution in [1.29, 1.82) is 0 Å². The topological polar surface area (TPSA) is 58.9 Å². The summed E-state index contributed by atoms with van der Waals surface area (Å²) in [6, 6.07) is 33.3. The molecule has 2 unspecified atom stereocenters. The van der Waals surface area contributed by atoms with Crippen LogP contribution in [-0.4, -0.2) is 23.4 Å². The Kier molecular flexibility index (Phi) is 17.6. The van der Waals surface area contributed by atoms with Gasteiger partial charge < -0.3 is 19.7 Å². The predicted molar refractivity (Wildman–Crippen MR) is 255 cm³/mol. The Morgan fingerprint density at radius 2 is 0.902 bits per heavy atom. The third-order valence-corrected chi connectivity index (χ3v) is 11.8. The van der Waals surface area contributed by atoms with E-state index in [1.54, 1.807) is 0 Å². The Balaban J connectivity index is 0.00000228. The molecular formula is C54H61Cl2O4Zr-. The first-order valence-electron chi connectivity index (χ1n) is 21.4. The first kappa shape index (κ1) is 48.0. The number of aryl methyl sites for hydroxylation is 6. The minimum atomic E-state index is -0.826. The maximum absolute atomic E-state index is 12.0. The predicted octanol–water partition coefficient (Wildman–Crippen LogP) is 16.1. The van der Waals surface area contributed by atoms with Crippen molar-refractivity contribution in [2.45, 2.75) is 100 Å². The molecule has 320 valence electrons. The average molecular weight is 936 g/mol. The normalized spacial score (nSPS) is 12.0. The molecule has 0 aromatic heterocycles. The summed E-state index contributed by atoms with van der Waals surface area (Å²) in [5.41, 5.74) is 16.6. The molecule has 61 heavy (non-hydrogen) atoms. The van der Waals surface area contributed by atoms with E-state index in [9.17, 15) is 10.2 Å². The number of para-hydroxylation sites is 2. The van der Waals surface area contributed by atoms with Gasteiger partial charge in [0.25, 0.3) is 0 Å². The van der Waals surface area contributed by atoms with Crippen molar-refractivity contribution in [2.75, 3.05) is 13.2 Å². The van der Waals surface area contributed by atoms with E-state index in [0.29, 0.717) is 31.5 Å². The van der Waals surface area contributed by atoms with Gasteiger partial charge in [-0.1, -0.05) is 99.5 Å². The summed E-state index contributed by atoms with van der Waals surface area (Å²) < 4.78 is 12.9. The Bertz CT molecular complexity index is 2230. The van der Waals surface area contributed by atoms with Crippen LogP contribution in [0.5, 0.6) is 23.0 Å². The van der Waals surface area contributed by atoms with Gasteiger partial charge in [-0.2, -0.15) is 0 Å². The van der Waals surface area contributed by atoms with Gasteiger partial charge in [0.15, 0.2) is 0 Å². The zero-order valence-electron chi connectivity index (χ0n) is 37.5. The minimum absolute atomic E-state index is 0.270. The van der Waals surface area contributed by atoms with Crippen molar-refractivity contribution in [3.63, 3.8) is 0 Å². The first-order valence-corrected chi connectivity index (χ1v) is 27.7. The monoisotopic (exact) mass is 933 g/mol. The molecule has 6 aromatic rings. The van der Waals surface area contributed by atoms with Gasteiger partial charge in [-0.25, -0.2) is 0 Å². The number of phenols is 2. The second kappa shape index (κ2) is 22.4. The van der Waals surface area contributed by atoms with Crippen molar-refractivity contribution in [3.05, 3.63) is 148 Å². The van der Waals surface area contributed by atoms with Crippen molar-refractivity contribution >= 4 is 17.0 Å². The number of ether oxygens (including phenoxy) is 2. The number of hydrogen-bond acceptors (Lipinski definition) is 4. The fourth-order valence-electron chi connectivity index (χ4n) is 8.47. The van der Waals surface area contributed by atoms with E-state index >= 15 is 0 Å². The quantitative estimate of drug-likeness (QED) is 0.0796. The summed E-state index contributed by atoms with van der Waals surface area (Å²) in [6.45, 7) is 22.4. The van der Waals surface area contributed by atoms with Crippen molar-refractivity contribution < 1.29 is 40.5 Å². The molecule has 6 aromatic carbocycles. The van der Waals surface area contributed by atoms with Crippen LogP contribution in [0.3, 0.4) is 0 Å². The molecule has 2 atom stereocenters. The molecule has 0 saturated heterocycles. The van der Waals surface area contributed by atoms with Crippen molar-refractivity contribution in [1.82, 2.24) is 0 Å². The Morgan fingerprint density at radius 3 is 1.30 bits per heavy atom. The molecule has 4 nitrogen and oxygen atoms in total. The second-order valence-electron chi connectivity index (χ2n) is 16.4. The van der Waals surface area contributed by atoms with Crippen LogP contribution in [0, 0.1) is 48.0 Å². The SMILES string of the molecule is CCC(C)c1cc(-c2ccccc2OC[CH-]CCOc2ccccc2-c2cc(C(C)CC)cc(-c3c(C)cc(C)cc3C)c2O)c(O)c(-c2c(C)cc(C)cc2C)c1.[Cl][Zr][Cl]. The average Bonchev–Trinajstić information content (AvgIpc) is 3.22. The number of halogens is 2. The second-order valence-corrected chi connectivity index (χ2v) is 20.1. The third kappa shape index (κ3) is 11.5. The van der Waals surface area contributed by atoms with Gasteiger partial charge in [-0.05, 0) is 154 Å². The number of benzene rings is 6. The molecule has 0 amide bonds. The van der Waals surface area contributed by atoms with Crippen LogP contribution in [0.15, 0.2) is 97.1 Å². The van der Waals surface area contributed by atoms with Gasteiger partial charge in [0.1, 0.15) is 23.0 Å². The zero-order chi connectivity index (χ0) is 44.4. The molecule has 0 saturated carbocycles. The van der Waals surface area contributed by atoms with Crippen LogP contribution >= 0.6 is 17.0 Å². The number of unbranched alkanes of at least 4 members (excludes halogenated alkanes) is 1. The Labute approximate surface area is 384 Å². The van der Waals surface area contributed by atoms with Crippen molar-refractivity contribution in [3.8, 4) is 67.5 Å². The van der Waals surface area contributed by atoms with Crippen molar-refractivity contribution in [2.24, 2.45) is 0 Å². The summed E-state index contributed by atoms with van der Waals surface area (Å²) in [5.74, 6) is 2.64. The number of rotatable bonds is 15. The van der Waals surface area contributed by atoms with Crippen LogP contribution in [0.1, 0.15) is 103 Å². The van der Waals surface area contributed by atoms with Gasteiger partial charge >= 0.3 is 37.9 Å². The summed E-state index contributed by atoms with van der Waals surface area (Å²) in [7, 11) is 9.87. The Hall–Kier alpha value is -4.02. The molecule has 0 aliphatic rings. The molecule has 0 aliphatic heterocycles. The number of phenolic OH excluding ortho intramolecular Hbond substituents is 2. The Morgan fingerprint density at radius 1 is 0.541 bits per heavy atom. The summed E-state index contributed by atoms with van der Waals surface area (Å²) in [6.07, 6.45) is 4.73. The van der Waals surface area contributed by atoms with E-state index in [1.807, 2.05) is 48.5 Å². The van der Waals surface area contributed by atoms with Gasteiger partial charge in [0.05, 0.1) is 6.61 Å². The molecule has 0 bridgehead atoms. The van der Waals surface area contributed by atoms with Gasteiger partial charge in [0, 0.05) is 33.4 Å². The van der Waals surface area contributed by atoms with Gasteiger partial charge in [-0.3, -0.25) is 6.42 Å². The first-order chi connectivity index (χ1) is 29.2. The number of hydrogen-bond donors (Lipinski definition) is 2. The van der Waals surface area contributed by atoms with Gasteiger partial charge in [-0.15, -0.1) is 6.42 Å². The fraction of sp³-hybridized carbons (Fsp3) is 0.315. The molecule has 0 spiro atoms. The van der Waals surface area contributed by atoms with E-state index < -0.39 is 20.8 Å². The third-order valence-electron chi connectivity index (χ3n) is 11.8. The van der Waals surface area contributed by atoms with E-state index in [0.717, 1.165) is 91.1 Å². The standard InChI is InChI=1S/C54H61O4.2ClH.Zr/c1-11-35(5)41-29-45(53(55)47(31-41)51-37(7)25-33(3)26-38(51)8)43-19-13-15-21-49(43)57-23-17-18-24-58-50-22-16-14-20-44(50)46-30-42(36(6)12-2)32-48(54(46)56)52-39(9)27-34(4)28-40(52)10;;;/h13-17,19-22,25-32,35-36,55-56H,11-12,18,23-24H2,1-10H3;2*1H;/q-1;;;+2/p-2. The zero-order valence-corrected chi connectivity index (χ0v) is 41.4. The maximum atomic E-state index is 12.0. The van der Waals surface area contributed by atoms with Crippen LogP contribution in [0.2, 0.25) is 0 Å². The fourth-order valence-corrected chi connectivity index (χ4v) is 8.47. The van der Waals surface area contributed by atoms with Crippen LogP contribution in [-0.2, 0) is 20.8 Å². The summed E-state index contributed by atoms with van der Waals surface area (Å²) in [5, 5.41) is 23.9. The molecule has 0 heterocycles. The van der Waals surface area contributed by atoms with Crippen LogP contribution < -0.4 is 9.47 Å². The molecule has 0 fully saturated rings. The molecule has 0 radical (unpaired) electrons. The molecule has 6 rings (SSSR count). The summed E-state index contributed by atoms with van der Waals surface area (Å²) >= 11 is -0.826. The van der Waals surface area contributed by atoms with E-state index in [1.165, 1.54) is 22.3 Å². The van der Waals surface area contributed by atoms with E-state index in [2.05, 4.69) is 124 Å².